The Bertz CT molecular complexity index is 974. The van der Waals surface area contributed by atoms with E-state index in [-0.39, 0.29) is 35.1 Å². The molecule has 0 radical (unpaired) electrons. The molecule has 182 valence electrons. The van der Waals surface area contributed by atoms with Crippen LogP contribution in [0.15, 0.2) is 72.8 Å². The van der Waals surface area contributed by atoms with Crippen LogP contribution in [0.2, 0.25) is 5.04 Å². The van der Waals surface area contributed by atoms with Gasteiger partial charge in [-0.1, -0.05) is 88.0 Å². The molecule has 2 aromatic rings. The van der Waals surface area contributed by atoms with E-state index in [1.165, 1.54) is 17.3 Å². The van der Waals surface area contributed by atoms with E-state index in [1.807, 2.05) is 12.1 Å². The molecule has 0 aliphatic heterocycles. The van der Waals surface area contributed by atoms with Gasteiger partial charge in [-0.25, -0.2) is 0 Å². The number of hydrogen-bond acceptors (Lipinski definition) is 4. The first kappa shape index (κ1) is 24.9. The average molecular weight is 479 g/mol. The Morgan fingerprint density at radius 3 is 2.09 bits per heavy atom. The van der Waals surface area contributed by atoms with E-state index >= 15 is 0 Å². The van der Waals surface area contributed by atoms with Crippen molar-refractivity contribution in [1.82, 2.24) is 0 Å². The number of carbonyl (C=O) groups excluding carboxylic acids is 1. The van der Waals surface area contributed by atoms with E-state index in [9.17, 15) is 9.90 Å². The van der Waals surface area contributed by atoms with Crippen LogP contribution >= 0.6 is 0 Å². The highest BCUT2D eigenvalue weighted by Gasteiger charge is 2.62. The Kier molecular flexibility index (Phi) is 6.91. The molecule has 4 nitrogen and oxygen atoms in total. The molecule has 2 fully saturated rings. The van der Waals surface area contributed by atoms with Crippen LogP contribution in [0.25, 0.3) is 0 Å². The molecule has 34 heavy (non-hydrogen) atoms. The molecule has 2 saturated carbocycles. The second kappa shape index (κ2) is 9.44. The summed E-state index contributed by atoms with van der Waals surface area (Å²) in [4.78, 5) is 11.8. The Balaban J connectivity index is 1.81. The molecule has 4 atom stereocenters. The van der Waals surface area contributed by atoms with Gasteiger partial charge in [-0.3, -0.25) is 4.79 Å². The van der Waals surface area contributed by atoms with Gasteiger partial charge in [-0.05, 0) is 46.2 Å². The quantitative estimate of drug-likeness (QED) is 0.346. The summed E-state index contributed by atoms with van der Waals surface area (Å²) >= 11 is 0. The summed E-state index contributed by atoms with van der Waals surface area (Å²) in [5.74, 6) is 0.174. The molecule has 2 unspecified atom stereocenters. The van der Waals surface area contributed by atoms with E-state index in [1.54, 1.807) is 0 Å². The number of ether oxygens (including phenoxy) is 1. The zero-order chi connectivity index (χ0) is 24.6. The van der Waals surface area contributed by atoms with Crippen LogP contribution in [0.5, 0.6) is 0 Å². The lowest BCUT2D eigenvalue weighted by Crippen LogP contribution is -2.67. The molecule has 0 heterocycles. The fourth-order valence-electron chi connectivity index (χ4n) is 6.85. The van der Waals surface area contributed by atoms with Crippen molar-refractivity contribution in [3.63, 3.8) is 0 Å². The van der Waals surface area contributed by atoms with Crippen LogP contribution in [0.3, 0.4) is 0 Å². The predicted molar refractivity (Wildman–Crippen MR) is 139 cm³/mol. The SMILES string of the molecule is C=C(CO)C1(CO[Si](c2ccccc2)(c2ccccc2)C(C)(C)C)[C@@H]2CC[C@H]1C(OC(C)=O)C2. The fourth-order valence-corrected chi connectivity index (χ4v) is 11.5. The highest BCUT2D eigenvalue weighted by Crippen LogP contribution is 2.62. The van der Waals surface area contributed by atoms with Gasteiger partial charge in [0.25, 0.3) is 8.32 Å². The van der Waals surface area contributed by atoms with Crippen LogP contribution in [-0.2, 0) is 14.0 Å². The molecule has 5 heteroatoms. The maximum absolute atomic E-state index is 11.8. The molecule has 0 spiro atoms. The Hall–Kier alpha value is -2.21. The minimum Gasteiger partial charge on any atom is -0.462 e. The molecule has 4 rings (SSSR count). The van der Waals surface area contributed by atoms with Gasteiger partial charge in [0.05, 0.1) is 6.61 Å². The van der Waals surface area contributed by atoms with Gasteiger partial charge in [-0.15, -0.1) is 0 Å². The van der Waals surface area contributed by atoms with E-state index in [4.69, 9.17) is 9.16 Å². The van der Waals surface area contributed by atoms with Gasteiger partial charge in [0, 0.05) is 24.9 Å². The maximum Gasteiger partial charge on any atom is 0.302 e. The lowest BCUT2D eigenvalue weighted by atomic mass is 9.72. The molecular formula is C29H38O4Si. The van der Waals surface area contributed by atoms with E-state index in [2.05, 4.69) is 75.9 Å². The van der Waals surface area contributed by atoms with Crippen molar-refractivity contribution in [3.8, 4) is 0 Å². The number of rotatable bonds is 8. The average Bonchev–Trinajstić information content (AvgIpc) is 3.31. The molecule has 2 bridgehead atoms. The third-order valence-electron chi connectivity index (χ3n) is 8.29. The number of hydrogen-bond donors (Lipinski definition) is 1. The van der Waals surface area contributed by atoms with E-state index in [0.29, 0.717) is 12.5 Å². The van der Waals surface area contributed by atoms with Crippen LogP contribution in [0, 0.1) is 17.3 Å². The van der Waals surface area contributed by atoms with Crippen molar-refractivity contribution >= 4 is 24.7 Å². The predicted octanol–water partition coefficient (Wildman–Crippen LogP) is 4.46. The molecular weight excluding hydrogens is 440 g/mol. The van der Waals surface area contributed by atoms with Crippen molar-refractivity contribution in [2.75, 3.05) is 13.2 Å². The van der Waals surface area contributed by atoms with E-state index in [0.717, 1.165) is 24.8 Å². The summed E-state index contributed by atoms with van der Waals surface area (Å²) in [6, 6.07) is 21.2. The first-order chi connectivity index (χ1) is 16.2. The first-order valence-corrected chi connectivity index (χ1v) is 14.3. The summed E-state index contributed by atoms with van der Waals surface area (Å²) in [5.41, 5.74) is 0.426. The van der Waals surface area contributed by atoms with Crippen molar-refractivity contribution in [2.45, 2.75) is 58.1 Å². The van der Waals surface area contributed by atoms with Crippen molar-refractivity contribution in [3.05, 3.63) is 72.8 Å². The molecule has 1 N–H and O–H groups in total. The second-order valence-corrected chi connectivity index (χ2v) is 15.3. The molecule has 2 aromatic carbocycles. The van der Waals surface area contributed by atoms with Crippen LogP contribution < -0.4 is 10.4 Å². The summed E-state index contributed by atoms with van der Waals surface area (Å²) < 4.78 is 13.1. The Labute approximate surface area is 205 Å². The number of fused-ring (bicyclic) bond motifs is 2. The maximum atomic E-state index is 11.8. The largest absolute Gasteiger partial charge is 0.462 e. The fraction of sp³-hybridized carbons (Fsp3) is 0.483. The summed E-state index contributed by atoms with van der Waals surface area (Å²) in [6.45, 7) is 13.0. The lowest BCUT2D eigenvalue weighted by Gasteiger charge is -2.46. The van der Waals surface area contributed by atoms with Gasteiger partial charge in [0.2, 0.25) is 0 Å². The minimum absolute atomic E-state index is 0.0795. The van der Waals surface area contributed by atoms with Crippen LogP contribution in [-0.4, -0.2) is 38.7 Å². The zero-order valence-corrected chi connectivity index (χ0v) is 21.9. The molecule has 2 aliphatic rings. The first-order valence-electron chi connectivity index (χ1n) is 12.4. The van der Waals surface area contributed by atoms with Crippen molar-refractivity contribution in [1.29, 1.82) is 0 Å². The molecule has 2 aliphatic carbocycles. The topological polar surface area (TPSA) is 55.8 Å². The number of benzene rings is 2. The monoisotopic (exact) mass is 478 g/mol. The number of aliphatic hydroxyl groups is 1. The zero-order valence-electron chi connectivity index (χ0n) is 20.9. The smallest absolute Gasteiger partial charge is 0.302 e. The van der Waals surface area contributed by atoms with Gasteiger partial charge >= 0.3 is 5.97 Å². The highest BCUT2D eigenvalue weighted by atomic mass is 28.4. The van der Waals surface area contributed by atoms with E-state index < -0.39 is 8.32 Å². The van der Waals surface area contributed by atoms with Crippen molar-refractivity contribution in [2.24, 2.45) is 17.3 Å². The standard InChI is InChI=1S/C29H38O4Si/c1-21(19-30)29(23-16-17-26(29)27(18-23)33-22(2)31)20-32-34(28(3,4)5,24-12-8-6-9-13-24)25-14-10-7-11-15-25/h6-15,23,26-27,30H,1,16-20H2,2-5H3/t23-,26+,27?,29?/m1/s1. The van der Waals surface area contributed by atoms with Gasteiger partial charge in [0.1, 0.15) is 6.10 Å². The Morgan fingerprint density at radius 1 is 1.06 bits per heavy atom. The minimum atomic E-state index is -2.74. The number of esters is 1. The molecule has 0 saturated heterocycles. The highest BCUT2D eigenvalue weighted by molar-refractivity contribution is 6.99. The normalized spacial score (nSPS) is 26.4. The second-order valence-electron chi connectivity index (χ2n) is 11.0. The number of carbonyl (C=O) groups is 1. The lowest BCUT2D eigenvalue weighted by molar-refractivity contribution is -0.149. The van der Waals surface area contributed by atoms with Crippen molar-refractivity contribution < 1.29 is 19.1 Å². The van der Waals surface area contributed by atoms with Gasteiger partial charge < -0.3 is 14.3 Å². The molecule has 0 aromatic heterocycles. The summed E-state index contributed by atoms with van der Waals surface area (Å²) in [7, 11) is -2.74. The van der Waals surface area contributed by atoms with Gasteiger partial charge in [0.15, 0.2) is 0 Å². The summed E-state index contributed by atoms with van der Waals surface area (Å²) in [5, 5.41) is 12.6. The van der Waals surface area contributed by atoms with Gasteiger partial charge in [-0.2, -0.15) is 0 Å². The third kappa shape index (κ3) is 3.98. The Morgan fingerprint density at radius 2 is 1.62 bits per heavy atom. The third-order valence-corrected chi connectivity index (χ3v) is 13.3. The number of aliphatic hydroxyl groups excluding tert-OH is 1. The van der Waals surface area contributed by atoms with Crippen LogP contribution in [0.4, 0.5) is 0 Å². The summed E-state index contributed by atoms with van der Waals surface area (Å²) in [6.07, 6.45) is 2.69. The van der Waals surface area contributed by atoms with Crippen LogP contribution in [0.1, 0.15) is 47.0 Å². The molecule has 0 amide bonds.